The van der Waals surface area contributed by atoms with Gasteiger partial charge in [0.1, 0.15) is 11.5 Å². The van der Waals surface area contributed by atoms with Gasteiger partial charge in [0.15, 0.2) is 0 Å². The Hall–Kier alpha value is -1.77. The standard InChI is InChI=1S/C16H22N2O/c1-5-11(4)12-6-8-13(9-7-12)14-15(10(2)3)19-16(17)18-14/h6-11H,5H2,1-4H3,(H2,17,18). The third kappa shape index (κ3) is 2.80. The van der Waals surface area contributed by atoms with Crippen LogP contribution in [0.25, 0.3) is 11.3 Å². The Balaban J connectivity index is 2.37. The number of rotatable bonds is 4. The number of aromatic nitrogens is 1. The van der Waals surface area contributed by atoms with Gasteiger partial charge in [0.25, 0.3) is 6.01 Å². The van der Waals surface area contributed by atoms with Crippen molar-refractivity contribution in [1.82, 2.24) is 4.98 Å². The summed E-state index contributed by atoms with van der Waals surface area (Å²) in [5.74, 6) is 1.71. The smallest absolute Gasteiger partial charge is 0.292 e. The van der Waals surface area contributed by atoms with Crippen LogP contribution in [-0.4, -0.2) is 4.98 Å². The Morgan fingerprint density at radius 2 is 1.79 bits per heavy atom. The van der Waals surface area contributed by atoms with Crippen LogP contribution in [0, 0.1) is 0 Å². The molecule has 0 bridgehead atoms. The molecule has 0 radical (unpaired) electrons. The van der Waals surface area contributed by atoms with Crippen molar-refractivity contribution < 1.29 is 4.42 Å². The van der Waals surface area contributed by atoms with Crippen molar-refractivity contribution in [3.63, 3.8) is 0 Å². The Bertz CT molecular complexity index is 540. The summed E-state index contributed by atoms with van der Waals surface area (Å²) in [6.07, 6.45) is 1.15. The van der Waals surface area contributed by atoms with E-state index in [1.54, 1.807) is 0 Å². The van der Waals surface area contributed by atoms with Crippen molar-refractivity contribution in [3.8, 4) is 11.3 Å². The highest BCUT2D eigenvalue weighted by Crippen LogP contribution is 2.31. The molecule has 0 aliphatic heterocycles. The molecule has 0 saturated heterocycles. The fraction of sp³-hybridized carbons (Fsp3) is 0.438. The van der Waals surface area contributed by atoms with Crippen LogP contribution in [0.2, 0.25) is 0 Å². The summed E-state index contributed by atoms with van der Waals surface area (Å²) in [7, 11) is 0. The minimum atomic E-state index is 0.240. The van der Waals surface area contributed by atoms with E-state index in [0.717, 1.165) is 23.4 Å². The van der Waals surface area contributed by atoms with Crippen LogP contribution in [0.5, 0.6) is 0 Å². The second-order valence-electron chi connectivity index (χ2n) is 5.35. The van der Waals surface area contributed by atoms with Crippen LogP contribution >= 0.6 is 0 Å². The fourth-order valence-corrected chi connectivity index (χ4v) is 2.15. The van der Waals surface area contributed by atoms with Gasteiger partial charge in [0, 0.05) is 11.5 Å². The molecule has 3 heteroatoms. The Labute approximate surface area is 114 Å². The molecule has 0 saturated carbocycles. The van der Waals surface area contributed by atoms with E-state index in [1.165, 1.54) is 5.56 Å². The number of oxazole rings is 1. The molecule has 1 atom stereocenters. The normalized spacial score (nSPS) is 12.9. The van der Waals surface area contributed by atoms with Gasteiger partial charge >= 0.3 is 0 Å². The van der Waals surface area contributed by atoms with E-state index < -0.39 is 0 Å². The number of hydrogen-bond acceptors (Lipinski definition) is 3. The molecule has 1 aromatic carbocycles. The molecule has 19 heavy (non-hydrogen) atoms. The van der Waals surface area contributed by atoms with E-state index in [1.807, 2.05) is 0 Å². The average Bonchev–Trinajstić information content (AvgIpc) is 2.80. The summed E-state index contributed by atoms with van der Waals surface area (Å²) >= 11 is 0. The van der Waals surface area contributed by atoms with E-state index >= 15 is 0 Å². The maximum Gasteiger partial charge on any atom is 0.292 e. The Kier molecular flexibility index (Phi) is 3.93. The number of benzene rings is 1. The molecule has 3 nitrogen and oxygen atoms in total. The van der Waals surface area contributed by atoms with Crippen molar-refractivity contribution in [1.29, 1.82) is 0 Å². The van der Waals surface area contributed by atoms with Gasteiger partial charge in [-0.05, 0) is 17.9 Å². The molecule has 0 aliphatic rings. The van der Waals surface area contributed by atoms with Crippen LogP contribution in [0.15, 0.2) is 28.7 Å². The van der Waals surface area contributed by atoms with Crippen molar-refractivity contribution in [2.45, 2.75) is 46.0 Å². The average molecular weight is 258 g/mol. The first-order valence-electron chi connectivity index (χ1n) is 6.89. The van der Waals surface area contributed by atoms with Gasteiger partial charge in [-0.3, -0.25) is 0 Å². The molecule has 0 aliphatic carbocycles. The molecular formula is C16H22N2O. The summed E-state index contributed by atoms with van der Waals surface area (Å²) in [6.45, 7) is 8.60. The number of nitrogen functional groups attached to an aromatic ring is 1. The summed E-state index contributed by atoms with van der Waals surface area (Å²) < 4.78 is 5.50. The summed E-state index contributed by atoms with van der Waals surface area (Å²) in [6, 6.07) is 8.77. The predicted octanol–water partition coefficient (Wildman–Crippen LogP) is 4.56. The van der Waals surface area contributed by atoms with Gasteiger partial charge in [0.05, 0.1) is 0 Å². The van der Waals surface area contributed by atoms with E-state index in [4.69, 9.17) is 10.2 Å². The minimum absolute atomic E-state index is 0.240. The lowest BCUT2D eigenvalue weighted by molar-refractivity contribution is 0.500. The first-order valence-corrected chi connectivity index (χ1v) is 6.89. The lowest BCUT2D eigenvalue weighted by Crippen LogP contribution is -1.92. The summed E-state index contributed by atoms with van der Waals surface area (Å²) in [5.41, 5.74) is 8.96. The molecule has 1 unspecified atom stereocenters. The van der Waals surface area contributed by atoms with E-state index in [-0.39, 0.29) is 11.9 Å². The third-order valence-corrected chi connectivity index (χ3v) is 3.56. The highest BCUT2D eigenvalue weighted by molar-refractivity contribution is 5.63. The third-order valence-electron chi connectivity index (χ3n) is 3.56. The zero-order valence-electron chi connectivity index (χ0n) is 12.1. The molecule has 102 valence electrons. The highest BCUT2D eigenvalue weighted by atomic mass is 16.4. The molecule has 0 amide bonds. The monoisotopic (exact) mass is 258 g/mol. The molecule has 2 rings (SSSR count). The maximum atomic E-state index is 5.68. The van der Waals surface area contributed by atoms with Gasteiger partial charge in [-0.2, -0.15) is 4.98 Å². The zero-order valence-corrected chi connectivity index (χ0v) is 12.1. The lowest BCUT2D eigenvalue weighted by atomic mass is 9.96. The van der Waals surface area contributed by atoms with Gasteiger partial charge in [0.2, 0.25) is 0 Å². The molecule has 1 heterocycles. The topological polar surface area (TPSA) is 52.0 Å². The Morgan fingerprint density at radius 3 is 2.32 bits per heavy atom. The van der Waals surface area contributed by atoms with Crippen molar-refractivity contribution >= 4 is 6.01 Å². The molecule has 0 fully saturated rings. The van der Waals surface area contributed by atoms with E-state index in [0.29, 0.717) is 5.92 Å². The zero-order chi connectivity index (χ0) is 14.0. The van der Waals surface area contributed by atoms with Crippen LogP contribution in [0.4, 0.5) is 6.01 Å². The number of anilines is 1. The van der Waals surface area contributed by atoms with E-state index in [9.17, 15) is 0 Å². The van der Waals surface area contributed by atoms with Gasteiger partial charge in [-0.15, -0.1) is 0 Å². The molecule has 2 aromatic rings. The highest BCUT2D eigenvalue weighted by Gasteiger charge is 2.16. The van der Waals surface area contributed by atoms with Crippen LogP contribution in [0.1, 0.15) is 57.3 Å². The van der Waals surface area contributed by atoms with Crippen molar-refractivity contribution in [2.75, 3.05) is 5.73 Å². The second kappa shape index (κ2) is 5.47. The van der Waals surface area contributed by atoms with Crippen LogP contribution in [0.3, 0.4) is 0 Å². The molecule has 0 spiro atoms. The molecular weight excluding hydrogens is 236 g/mol. The summed E-state index contributed by atoms with van der Waals surface area (Å²) in [4.78, 5) is 4.31. The Morgan fingerprint density at radius 1 is 1.16 bits per heavy atom. The molecule has 2 N–H and O–H groups in total. The maximum absolute atomic E-state index is 5.68. The van der Waals surface area contributed by atoms with Crippen molar-refractivity contribution in [2.24, 2.45) is 0 Å². The van der Waals surface area contributed by atoms with Gasteiger partial charge in [-0.1, -0.05) is 52.0 Å². The van der Waals surface area contributed by atoms with E-state index in [2.05, 4.69) is 56.9 Å². The van der Waals surface area contributed by atoms with Crippen LogP contribution in [-0.2, 0) is 0 Å². The summed E-state index contributed by atoms with van der Waals surface area (Å²) in [5, 5.41) is 0. The molecule has 1 aromatic heterocycles. The second-order valence-corrected chi connectivity index (χ2v) is 5.35. The number of hydrogen-bond donors (Lipinski definition) is 1. The quantitative estimate of drug-likeness (QED) is 0.874. The minimum Gasteiger partial charge on any atom is -0.428 e. The predicted molar refractivity (Wildman–Crippen MR) is 79.1 cm³/mol. The van der Waals surface area contributed by atoms with Crippen molar-refractivity contribution in [3.05, 3.63) is 35.6 Å². The first-order chi connectivity index (χ1) is 9.02. The largest absolute Gasteiger partial charge is 0.428 e. The van der Waals surface area contributed by atoms with Gasteiger partial charge < -0.3 is 10.2 Å². The van der Waals surface area contributed by atoms with Gasteiger partial charge in [-0.25, -0.2) is 0 Å². The SMILES string of the molecule is CCC(C)c1ccc(-c2nc(N)oc2C(C)C)cc1. The first kappa shape index (κ1) is 13.7. The number of nitrogens with two attached hydrogens (primary N) is 1. The number of nitrogens with zero attached hydrogens (tertiary/aromatic N) is 1. The van der Waals surface area contributed by atoms with Crippen LogP contribution < -0.4 is 5.73 Å². The lowest BCUT2D eigenvalue weighted by Gasteiger charge is -2.09. The fourth-order valence-electron chi connectivity index (χ4n) is 2.15.